The third-order valence-electron chi connectivity index (χ3n) is 2.59. The Labute approximate surface area is 112 Å². The van der Waals surface area contributed by atoms with Gasteiger partial charge >= 0.3 is 0 Å². The second-order valence-electron chi connectivity index (χ2n) is 3.90. The lowest BCUT2D eigenvalue weighted by atomic mass is 10.2. The zero-order valence-electron chi connectivity index (χ0n) is 10.5. The number of nitriles is 1. The molecule has 0 atom stereocenters. The third-order valence-corrected chi connectivity index (χ3v) is 2.59. The molecular weight excluding hydrogens is 240 g/mol. The highest BCUT2D eigenvalue weighted by atomic mass is 16.7. The Morgan fingerprint density at radius 1 is 1.26 bits per heavy atom. The van der Waals surface area contributed by atoms with E-state index in [9.17, 15) is 0 Å². The normalized spacial score (nSPS) is 9.89. The number of hydrogen-bond acceptors (Lipinski definition) is 4. The van der Waals surface area contributed by atoms with E-state index >= 15 is 0 Å². The second-order valence-corrected chi connectivity index (χ2v) is 3.90. The molecule has 1 aromatic carbocycles. The molecule has 0 fully saturated rings. The Bertz CT molecular complexity index is 591. The van der Waals surface area contributed by atoms with Crippen molar-refractivity contribution in [2.75, 3.05) is 0 Å². The van der Waals surface area contributed by atoms with E-state index in [1.165, 1.54) is 6.79 Å². The Morgan fingerprint density at radius 3 is 2.89 bits per heavy atom. The maximum atomic E-state index is 8.89. The predicted molar refractivity (Wildman–Crippen MR) is 69.8 cm³/mol. The van der Waals surface area contributed by atoms with Gasteiger partial charge in [0.05, 0.1) is 17.9 Å². The Hall–Kier alpha value is -2.38. The summed E-state index contributed by atoms with van der Waals surface area (Å²) < 4.78 is 10.6. The molecule has 2 rings (SSSR count). The van der Waals surface area contributed by atoms with Gasteiger partial charge in [0.1, 0.15) is 11.8 Å². The molecule has 1 heterocycles. The van der Waals surface area contributed by atoms with Crippen LogP contribution in [0.25, 0.3) is 0 Å². The molecule has 95 valence electrons. The smallest absolute Gasteiger partial charge is 0.263 e. The van der Waals surface area contributed by atoms with E-state index in [-0.39, 0.29) is 0 Å². The molecule has 1 aromatic heterocycles. The van der Waals surface area contributed by atoms with Gasteiger partial charge in [0, 0.05) is 6.20 Å². The largest absolute Gasteiger partial charge is 0.457 e. The number of aryl methyl sites for hydroxylation is 1. The minimum Gasteiger partial charge on any atom is -0.457 e. The molecule has 0 saturated carbocycles. The van der Waals surface area contributed by atoms with E-state index in [2.05, 4.69) is 11.1 Å². The number of nitrogens with zero attached hydrogens (tertiary/aromatic N) is 2. The quantitative estimate of drug-likeness (QED) is 0.769. The molecule has 0 N–H and O–H groups in total. The highest BCUT2D eigenvalue weighted by Crippen LogP contribution is 2.17. The van der Waals surface area contributed by atoms with Gasteiger partial charge < -0.3 is 9.47 Å². The van der Waals surface area contributed by atoms with Gasteiger partial charge in [-0.3, -0.25) is 4.98 Å². The lowest BCUT2D eigenvalue weighted by Gasteiger charge is -2.07. The molecule has 0 aliphatic carbocycles. The van der Waals surface area contributed by atoms with Crippen molar-refractivity contribution in [1.82, 2.24) is 4.98 Å². The number of aromatic nitrogens is 1. The fourth-order valence-corrected chi connectivity index (χ4v) is 1.53. The fourth-order valence-electron chi connectivity index (χ4n) is 1.53. The van der Waals surface area contributed by atoms with E-state index in [4.69, 9.17) is 14.7 Å². The third kappa shape index (κ3) is 3.54. The molecule has 2 aromatic rings. The zero-order chi connectivity index (χ0) is 13.5. The monoisotopic (exact) mass is 253 g/mol. The molecule has 19 heavy (non-hydrogen) atoms. The highest BCUT2D eigenvalue weighted by molar-refractivity contribution is 5.42. The van der Waals surface area contributed by atoms with Crippen molar-refractivity contribution in [3.63, 3.8) is 0 Å². The van der Waals surface area contributed by atoms with Gasteiger partial charge in [-0.15, -0.1) is 0 Å². The summed E-state index contributed by atoms with van der Waals surface area (Å²) in [6.07, 6.45) is 1.72. The van der Waals surface area contributed by atoms with Gasteiger partial charge in [0.2, 0.25) is 0 Å². The summed E-state index contributed by atoms with van der Waals surface area (Å²) >= 11 is 0. The van der Waals surface area contributed by atoms with Crippen molar-refractivity contribution in [3.05, 3.63) is 66.2 Å². The van der Waals surface area contributed by atoms with E-state index in [1.54, 1.807) is 30.5 Å². The lowest BCUT2D eigenvalue weighted by Crippen LogP contribution is -2.00. The molecule has 0 unspecified atom stereocenters. The molecule has 0 amide bonds. The first kappa shape index (κ1) is 13.1. The van der Waals surface area contributed by atoms with E-state index < -0.39 is 0 Å². The van der Waals surface area contributed by atoms with Gasteiger partial charge in [-0.25, -0.2) is 0 Å². The van der Waals surface area contributed by atoms with Crippen LogP contribution in [0.4, 0.5) is 0 Å². The number of ether oxygens (including phenoxy) is 2. The van der Waals surface area contributed by atoms with Gasteiger partial charge in [-0.1, -0.05) is 18.2 Å². The van der Waals surface area contributed by atoms with Gasteiger partial charge in [-0.2, -0.15) is 5.26 Å². The van der Waals surface area contributed by atoms with Crippen LogP contribution in [0.3, 0.4) is 0 Å². The van der Waals surface area contributed by atoms with Gasteiger partial charge in [0.15, 0.2) is 0 Å². The van der Waals surface area contributed by atoms with Crippen LogP contribution in [0.1, 0.15) is 16.8 Å². The summed E-state index contributed by atoms with van der Waals surface area (Å²) in [6, 6.07) is 12.9. The molecule has 0 spiro atoms. The Balaban J connectivity index is 1.85. The van der Waals surface area contributed by atoms with Crippen molar-refractivity contribution in [2.45, 2.75) is 13.5 Å². The molecule has 0 saturated heterocycles. The van der Waals surface area contributed by atoms with Gasteiger partial charge in [0.25, 0.3) is 6.79 Å². The number of hydrogen-bond donors (Lipinski definition) is 0. The number of rotatable bonds is 5. The van der Waals surface area contributed by atoms with Crippen molar-refractivity contribution in [1.29, 1.82) is 5.26 Å². The van der Waals surface area contributed by atoms with Crippen molar-refractivity contribution < 1.29 is 9.47 Å². The summed E-state index contributed by atoms with van der Waals surface area (Å²) in [4.78, 5) is 4.20. The van der Waals surface area contributed by atoms with Crippen molar-refractivity contribution in [3.8, 4) is 11.8 Å². The Kier molecular flexibility index (Phi) is 4.49. The van der Waals surface area contributed by atoms with Crippen LogP contribution in [-0.4, -0.2) is 4.98 Å². The van der Waals surface area contributed by atoms with Crippen molar-refractivity contribution >= 4 is 0 Å². The summed E-state index contributed by atoms with van der Waals surface area (Å²) in [5, 5.41) is 8.89. The zero-order valence-corrected chi connectivity index (χ0v) is 10.5. The van der Waals surface area contributed by atoms with Crippen molar-refractivity contribution in [2.24, 2.45) is 0 Å². The summed E-state index contributed by atoms with van der Waals surface area (Å²) in [7, 11) is 0. The number of benzene rings is 1. The fraction of sp³-hybridized carbons (Fsp3) is 0.133. The average molecular weight is 253 g/mol. The summed E-state index contributed by atoms with van der Waals surface area (Å²) in [5.74, 6) is 0.475. The molecule has 0 bridgehead atoms. The molecule has 0 aliphatic heterocycles. The SMILES string of the molecule is Cc1cccnc1CO[CH]Oc1ccccc1C#N. The average Bonchev–Trinajstić information content (AvgIpc) is 2.45. The first-order chi connectivity index (χ1) is 9.31. The van der Waals surface area contributed by atoms with Crippen LogP contribution >= 0.6 is 0 Å². The maximum Gasteiger partial charge on any atom is 0.263 e. The molecule has 4 nitrogen and oxygen atoms in total. The van der Waals surface area contributed by atoms with Crippen LogP contribution in [0.15, 0.2) is 42.6 Å². The lowest BCUT2D eigenvalue weighted by molar-refractivity contribution is 0.0789. The van der Waals surface area contributed by atoms with Crippen LogP contribution in [0.5, 0.6) is 5.75 Å². The minimum atomic E-state index is 0.335. The number of para-hydroxylation sites is 1. The predicted octanol–water partition coefficient (Wildman–Crippen LogP) is 2.98. The van der Waals surface area contributed by atoms with Crippen LogP contribution in [0, 0.1) is 25.0 Å². The molecular formula is C15H13N2O2. The summed E-state index contributed by atoms with van der Waals surface area (Å²) in [6.45, 7) is 3.53. The maximum absolute atomic E-state index is 8.89. The second kappa shape index (κ2) is 6.53. The van der Waals surface area contributed by atoms with E-state index in [1.807, 2.05) is 19.1 Å². The summed E-state index contributed by atoms with van der Waals surface area (Å²) in [5.41, 5.74) is 2.39. The first-order valence-corrected chi connectivity index (χ1v) is 5.81. The van der Waals surface area contributed by atoms with E-state index in [0.29, 0.717) is 17.9 Å². The van der Waals surface area contributed by atoms with Crippen LogP contribution < -0.4 is 4.74 Å². The molecule has 0 aliphatic rings. The van der Waals surface area contributed by atoms with Gasteiger partial charge in [-0.05, 0) is 30.7 Å². The minimum absolute atomic E-state index is 0.335. The Morgan fingerprint density at radius 2 is 2.11 bits per heavy atom. The standard InChI is InChI=1S/C15H13N2O2/c1-12-5-4-8-17-14(12)10-18-11-19-15-7-3-2-6-13(15)9-16/h2-8,11H,10H2,1H3. The highest BCUT2D eigenvalue weighted by Gasteiger charge is 2.03. The van der Waals surface area contributed by atoms with E-state index in [0.717, 1.165) is 11.3 Å². The topological polar surface area (TPSA) is 55.1 Å². The molecule has 4 heteroatoms. The first-order valence-electron chi connectivity index (χ1n) is 5.81. The van der Waals surface area contributed by atoms with Crippen LogP contribution in [0.2, 0.25) is 0 Å². The molecule has 1 radical (unpaired) electrons. The van der Waals surface area contributed by atoms with Crippen LogP contribution in [-0.2, 0) is 11.3 Å². The number of pyridine rings is 1.